The Labute approximate surface area is 94.0 Å². The van der Waals surface area contributed by atoms with Gasteiger partial charge in [0.25, 0.3) is 0 Å². The molecule has 90 valence electrons. The van der Waals surface area contributed by atoms with Gasteiger partial charge in [-0.2, -0.15) is 0 Å². The zero-order valence-electron chi connectivity index (χ0n) is 10.4. The molecule has 0 saturated carbocycles. The Morgan fingerprint density at radius 2 is 1.93 bits per heavy atom. The number of carbonyl (C=O) groups is 1. The second kappa shape index (κ2) is 9.97. The first-order valence-electron chi connectivity index (χ1n) is 6.20. The second-order valence-corrected chi connectivity index (χ2v) is 4.06. The summed E-state index contributed by atoms with van der Waals surface area (Å²) in [7, 11) is 0. The van der Waals surface area contributed by atoms with Gasteiger partial charge in [-0.3, -0.25) is 4.79 Å². The van der Waals surface area contributed by atoms with Gasteiger partial charge < -0.3 is 10.6 Å². The minimum absolute atomic E-state index is 0.0797. The Balaban J connectivity index is 3.38. The molecular formula is C12H26N2O. The molecule has 0 aromatic rings. The summed E-state index contributed by atoms with van der Waals surface area (Å²) in [5, 5.41) is 6.15. The average Bonchev–Trinajstić information content (AvgIpc) is 2.25. The summed E-state index contributed by atoms with van der Waals surface area (Å²) in [5.41, 5.74) is 0. The van der Waals surface area contributed by atoms with E-state index in [1.165, 1.54) is 19.3 Å². The fourth-order valence-corrected chi connectivity index (χ4v) is 1.39. The van der Waals surface area contributed by atoms with Crippen LogP contribution >= 0.6 is 0 Å². The summed E-state index contributed by atoms with van der Waals surface area (Å²) in [6, 6.07) is 0. The highest BCUT2D eigenvalue weighted by Gasteiger charge is 2.10. The summed E-state index contributed by atoms with van der Waals surface area (Å²) >= 11 is 0. The van der Waals surface area contributed by atoms with E-state index < -0.39 is 0 Å². The molecule has 0 aliphatic carbocycles. The SMILES string of the molecule is CCCCCCNC(=O)C(C)CNCC. The van der Waals surface area contributed by atoms with Crippen LogP contribution in [0.5, 0.6) is 0 Å². The lowest BCUT2D eigenvalue weighted by molar-refractivity contribution is -0.124. The molecule has 2 N–H and O–H groups in total. The third-order valence-electron chi connectivity index (χ3n) is 2.48. The molecule has 1 unspecified atom stereocenters. The standard InChI is InChI=1S/C12H26N2O/c1-4-6-7-8-9-14-12(15)11(3)10-13-5-2/h11,13H,4-10H2,1-3H3,(H,14,15). The Kier molecular flexibility index (Phi) is 9.59. The first kappa shape index (κ1) is 14.4. The molecule has 3 nitrogen and oxygen atoms in total. The Hall–Kier alpha value is -0.570. The van der Waals surface area contributed by atoms with Gasteiger partial charge >= 0.3 is 0 Å². The van der Waals surface area contributed by atoms with Gasteiger partial charge in [0.1, 0.15) is 0 Å². The van der Waals surface area contributed by atoms with E-state index in [9.17, 15) is 4.79 Å². The normalized spacial score (nSPS) is 12.5. The average molecular weight is 214 g/mol. The first-order valence-corrected chi connectivity index (χ1v) is 6.20. The van der Waals surface area contributed by atoms with Crippen LogP contribution in [0.25, 0.3) is 0 Å². The summed E-state index contributed by atoms with van der Waals surface area (Å²) < 4.78 is 0. The van der Waals surface area contributed by atoms with Crippen molar-refractivity contribution in [3.05, 3.63) is 0 Å². The van der Waals surface area contributed by atoms with Gasteiger partial charge in [-0.25, -0.2) is 0 Å². The Morgan fingerprint density at radius 1 is 1.20 bits per heavy atom. The van der Waals surface area contributed by atoms with Gasteiger partial charge in [-0.05, 0) is 13.0 Å². The summed E-state index contributed by atoms with van der Waals surface area (Å²) in [6.07, 6.45) is 4.83. The third kappa shape index (κ3) is 8.43. The van der Waals surface area contributed by atoms with Crippen molar-refractivity contribution in [3.63, 3.8) is 0 Å². The molecule has 15 heavy (non-hydrogen) atoms. The lowest BCUT2D eigenvalue weighted by Gasteiger charge is -2.12. The Bertz CT molecular complexity index is 160. The summed E-state index contributed by atoms with van der Waals surface area (Å²) in [4.78, 5) is 11.5. The zero-order chi connectivity index (χ0) is 11.5. The molecule has 1 atom stereocenters. The largest absolute Gasteiger partial charge is 0.356 e. The maximum atomic E-state index is 11.5. The molecule has 0 saturated heterocycles. The zero-order valence-corrected chi connectivity index (χ0v) is 10.4. The lowest BCUT2D eigenvalue weighted by Crippen LogP contribution is -2.35. The van der Waals surface area contributed by atoms with Crippen LogP contribution in [0, 0.1) is 5.92 Å². The highest BCUT2D eigenvalue weighted by molar-refractivity contribution is 5.78. The van der Waals surface area contributed by atoms with Gasteiger partial charge in [0.05, 0.1) is 0 Å². The van der Waals surface area contributed by atoms with Crippen LogP contribution in [0.2, 0.25) is 0 Å². The number of nitrogens with one attached hydrogen (secondary N) is 2. The van der Waals surface area contributed by atoms with Crippen molar-refractivity contribution >= 4 is 5.91 Å². The fraction of sp³-hybridized carbons (Fsp3) is 0.917. The fourth-order valence-electron chi connectivity index (χ4n) is 1.39. The topological polar surface area (TPSA) is 41.1 Å². The number of rotatable bonds is 9. The van der Waals surface area contributed by atoms with Gasteiger partial charge in [-0.1, -0.05) is 40.0 Å². The van der Waals surface area contributed by atoms with Crippen molar-refractivity contribution in [2.45, 2.75) is 46.5 Å². The van der Waals surface area contributed by atoms with Crippen LogP contribution in [0.4, 0.5) is 0 Å². The minimum Gasteiger partial charge on any atom is -0.356 e. The molecule has 1 amide bonds. The maximum absolute atomic E-state index is 11.5. The molecule has 0 radical (unpaired) electrons. The summed E-state index contributed by atoms with van der Waals surface area (Å²) in [6.45, 7) is 8.73. The molecule has 0 aromatic carbocycles. The molecule has 0 heterocycles. The molecule has 0 spiro atoms. The first-order chi connectivity index (χ1) is 7.22. The van der Waals surface area contributed by atoms with E-state index >= 15 is 0 Å². The third-order valence-corrected chi connectivity index (χ3v) is 2.48. The number of unbranched alkanes of at least 4 members (excludes halogenated alkanes) is 3. The monoisotopic (exact) mass is 214 g/mol. The Morgan fingerprint density at radius 3 is 2.53 bits per heavy atom. The van der Waals surface area contributed by atoms with E-state index in [0.717, 1.165) is 26.1 Å². The van der Waals surface area contributed by atoms with E-state index in [0.29, 0.717) is 0 Å². The highest BCUT2D eigenvalue weighted by atomic mass is 16.1. The molecule has 0 aromatic heterocycles. The summed E-state index contributed by atoms with van der Waals surface area (Å²) in [5.74, 6) is 0.253. The van der Waals surface area contributed by atoms with E-state index in [1.807, 2.05) is 6.92 Å². The molecule has 0 fully saturated rings. The van der Waals surface area contributed by atoms with E-state index in [2.05, 4.69) is 24.5 Å². The van der Waals surface area contributed by atoms with Crippen LogP contribution in [0.3, 0.4) is 0 Å². The van der Waals surface area contributed by atoms with Crippen LogP contribution in [0.1, 0.15) is 46.5 Å². The molecule has 0 bridgehead atoms. The van der Waals surface area contributed by atoms with Crippen LogP contribution in [0.15, 0.2) is 0 Å². The van der Waals surface area contributed by atoms with E-state index in [1.54, 1.807) is 0 Å². The minimum atomic E-state index is 0.0797. The van der Waals surface area contributed by atoms with E-state index in [4.69, 9.17) is 0 Å². The number of hydrogen-bond acceptors (Lipinski definition) is 2. The van der Waals surface area contributed by atoms with Gasteiger partial charge in [0.2, 0.25) is 5.91 Å². The van der Waals surface area contributed by atoms with E-state index in [-0.39, 0.29) is 11.8 Å². The smallest absolute Gasteiger partial charge is 0.224 e. The predicted molar refractivity (Wildman–Crippen MR) is 64.9 cm³/mol. The molecule has 3 heteroatoms. The molecule has 0 rings (SSSR count). The van der Waals surface area contributed by atoms with Gasteiger partial charge in [0, 0.05) is 19.0 Å². The van der Waals surface area contributed by atoms with Crippen molar-refractivity contribution in [2.75, 3.05) is 19.6 Å². The van der Waals surface area contributed by atoms with Gasteiger partial charge in [0.15, 0.2) is 0 Å². The van der Waals surface area contributed by atoms with Crippen molar-refractivity contribution in [1.82, 2.24) is 10.6 Å². The highest BCUT2D eigenvalue weighted by Crippen LogP contribution is 1.98. The number of hydrogen-bond donors (Lipinski definition) is 2. The molecule has 0 aliphatic heterocycles. The van der Waals surface area contributed by atoms with Crippen molar-refractivity contribution in [3.8, 4) is 0 Å². The van der Waals surface area contributed by atoms with Gasteiger partial charge in [-0.15, -0.1) is 0 Å². The number of carbonyl (C=O) groups excluding carboxylic acids is 1. The van der Waals surface area contributed by atoms with Crippen molar-refractivity contribution in [1.29, 1.82) is 0 Å². The van der Waals surface area contributed by atoms with Crippen LogP contribution in [-0.2, 0) is 4.79 Å². The second-order valence-electron chi connectivity index (χ2n) is 4.06. The molecule has 0 aliphatic rings. The predicted octanol–water partition coefficient (Wildman–Crippen LogP) is 1.93. The van der Waals surface area contributed by atoms with Crippen molar-refractivity contribution < 1.29 is 4.79 Å². The molecular weight excluding hydrogens is 188 g/mol. The van der Waals surface area contributed by atoms with Crippen LogP contribution in [-0.4, -0.2) is 25.5 Å². The number of amides is 1. The van der Waals surface area contributed by atoms with Crippen molar-refractivity contribution in [2.24, 2.45) is 5.92 Å². The van der Waals surface area contributed by atoms with Crippen LogP contribution < -0.4 is 10.6 Å². The quantitative estimate of drug-likeness (QED) is 0.576. The maximum Gasteiger partial charge on any atom is 0.224 e. The lowest BCUT2D eigenvalue weighted by atomic mass is 10.1.